The van der Waals surface area contributed by atoms with Crippen molar-refractivity contribution in [1.29, 1.82) is 5.26 Å². The minimum absolute atomic E-state index is 0.0272. The number of nitrogens with one attached hydrogen (secondary N) is 4. The molecular formula is C39H44Cl2FN9O. The summed E-state index contributed by atoms with van der Waals surface area (Å²) in [6, 6.07) is 18.9. The van der Waals surface area contributed by atoms with Gasteiger partial charge >= 0.3 is 0 Å². The Morgan fingerprint density at radius 1 is 1.02 bits per heavy atom. The molecule has 4 N–H and O–H groups in total. The maximum Gasteiger partial charge on any atom is 0.141 e. The summed E-state index contributed by atoms with van der Waals surface area (Å²) in [5.41, 5.74) is 13.0. The first-order valence-electron chi connectivity index (χ1n) is 17.7. The van der Waals surface area contributed by atoms with Gasteiger partial charge in [0.1, 0.15) is 11.9 Å². The van der Waals surface area contributed by atoms with Gasteiger partial charge in [0.2, 0.25) is 0 Å². The Morgan fingerprint density at radius 3 is 2.50 bits per heavy atom. The van der Waals surface area contributed by atoms with Gasteiger partial charge in [-0.2, -0.15) is 5.26 Å². The molecule has 10 nitrogen and oxygen atoms in total. The van der Waals surface area contributed by atoms with E-state index in [0.29, 0.717) is 38.9 Å². The molecule has 0 saturated carbocycles. The predicted octanol–water partition coefficient (Wildman–Crippen LogP) is 7.71. The lowest BCUT2D eigenvalue weighted by molar-refractivity contribution is 0.0340. The number of benzene rings is 3. The molecule has 0 unspecified atom stereocenters. The van der Waals surface area contributed by atoms with E-state index in [9.17, 15) is 9.65 Å². The van der Waals surface area contributed by atoms with Crippen LogP contribution in [0, 0.1) is 17.1 Å². The molecule has 1 atom stereocenters. The van der Waals surface area contributed by atoms with Crippen LogP contribution in [0.25, 0.3) is 10.9 Å². The fourth-order valence-corrected chi connectivity index (χ4v) is 7.68. The van der Waals surface area contributed by atoms with Crippen LogP contribution >= 0.6 is 23.2 Å². The number of pyridine rings is 1. The Labute approximate surface area is 314 Å². The molecule has 2 fully saturated rings. The fourth-order valence-electron chi connectivity index (χ4n) is 7.23. The number of ether oxygens (including phenoxy) is 1. The molecule has 3 aromatic carbocycles. The average Bonchev–Trinajstić information content (AvgIpc) is 3.63. The highest BCUT2D eigenvalue weighted by molar-refractivity contribution is 6.36. The summed E-state index contributed by atoms with van der Waals surface area (Å²) in [7, 11) is 0. The van der Waals surface area contributed by atoms with Gasteiger partial charge in [0.25, 0.3) is 0 Å². The summed E-state index contributed by atoms with van der Waals surface area (Å²) >= 11 is 13.0. The average molecular weight is 745 g/mol. The van der Waals surface area contributed by atoms with Gasteiger partial charge in [0.05, 0.1) is 51.8 Å². The molecule has 0 aliphatic carbocycles. The molecule has 0 radical (unpaired) electrons. The van der Waals surface area contributed by atoms with Gasteiger partial charge in [-0.05, 0) is 75.1 Å². The minimum atomic E-state index is -0.528. The second-order valence-electron chi connectivity index (χ2n) is 14.5. The van der Waals surface area contributed by atoms with Gasteiger partial charge in [0, 0.05) is 73.5 Å². The number of fused-ring (bicyclic) bond motifs is 1. The van der Waals surface area contributed by atoms with Crippen LogP contribution < -0.4 is 21.6 Å². The number of likely N-dealkylation sites (tertiary alicyclic amines) is 1. The molecule has 0 amide bonds. The number of hydrogen-bond acceptors (Lipinski definition) is 10. The third kappa shape index (κ3) is 7.93. The lowest BCUT2D eigenvalue weighted by Gasteiger charge is -2.42. The van der Waals surface area contributed by atoms with Crippen molar-refractivity contribution < 1.29 is 9.13 Å². The zero-order valence-electron chi connectivity index (χ0n) is 29.6. The number of nitrogens with zero attached hydrogens (tertiary/aromatic N) is 5. The van der Waals surface area contributed by atoms with E-state index in [2.05, 4.69) is 98.7 Å². The number of hydrogen-bond donors (Lipinski definition) is 4. The van der Waals surface area contributed by atoms with Crippen molar-refractivity contribution in [2.24, 2.45) is 0 Å². The van der Waals surface area contributed by atoms with Crippen LogP contribution in [0.15, 0.2) is 72.7 Å². The van der Waals surface area contributed by atoms with E-state index in [-0.39, 0.29) is 16.6 Å². The van der Waals surface area contributed by atoms with Gasteiger partial charge in [-0.3, -0.25) is 19.8 Å². The largest absolute Gasteiger partial charge is 0.379 e. The van der Waals surface area contributed by atoms with Crippen molar-refractivity contribution >= 4 is 51.2 Å². The number of piperidine rings is 1. The van der Waals surface area contributed by atoms with Crippen LogP contribution in [0.5, 0.6) is 0 Å². The second kappa shape index (κ2) is 15.4. The third-order valence-corrected chi connectivity index (χ3v) is 10.7. The number of anilines is 3. The van der Waals surface area contributed by atoms with Gasteiger partial charge in [-0.15, -0.1) is 5.53 Å². The van der Waals surface area contributed by atoms with Gasteiger partial charge in [0.15, 0.2) is 0 Å². The van der Waals surface area contributed by atoms with Crippen LogP contribution in [0.2, 0.25) is 10.0 Å². The number of halogens is 3. The highest BCUT2D eigenvalue weighted by Crippen LogP contribution is 2.38. The summed E-state index contributed by atoms with van der Waals surface area (Å²) in [5, 5.41) is 20.4. The first-order valence-corrected chi connectivity index (χ1v) is 18.5. The Balaban J connectivity index is 1.26. The fraction of sp³-hybridized carbons (Fsp3) is 0.385. The Bertz CT molecular complexity index is 2000. The minimum Gasteiger partial charge on any atom is -0.379 e. The number of hydrazine groups is 2. The van der Waals surface area contributed by atoms with Crippen molar-refractivity contribution in [2.45, 2.75) is 57.8 Å². The summed E-state index contributed by atoms with van der Waals surface area (Å²) in [4.78, 5) is 9.51. The zero-order chi connectivity index (χ0) is 36.4. The molecule has 7 rings (SSSR count). The maximum absolute atomic E-state index is 14.0. The first-order chi connectivity index (χ1) is 25.1. The normalized spacial score (nSPS) is 18.2. The first kappa shape index (κ1) is 36.2. The molecule has 4 heterocycles. The molecular weight excluding hydrogens is 700 g/mol. The Morgan fingerprint density at radius 2 is 1.77 bits per heavy atom. The van der Waals surface area contributed by atoms with E-state index in [0.717, 1.165) is 75.7 Å². The number of rotatable bonds is 9. The maximum atomic E-state index is 14.0. The SMILES string of the molecule is CC(C)(C)N1CCC(N2C=C([C@@H](Nc3cc(Cl)c4ncc(C#N)c(Nc5ccc(F)c(Cl)c5)c4c3)c3ccccc3CN3CCOCC3)NN2)CC1. The van der Waals surface area contributed by atoms with E-state index in [1.165, 1.54) is 23.9 Å². The molecule has 3 aliphatic rings. The predicted molar refractivity (Wildman–Crippen MR) is 206 cm³/mol. The van der Waals surface area contributed by atoms with Crippen molar-refractivity contribution in [2.75, 3.05) is 50.0 Å². The molecule has 1 aromatic heterocycles. The van der Waals surface area contributed by atoms with E-state index < -0.39 is 5.82 Å². The smallest absolute Gasteiger partial charge is 0.141 e. The van der Waals surface area contributed by atoms with Gasteiger partial charge < -0.3 is 20.8 Å². The van der Waals surface area contributed by atoms with E-state index in [1.807, 2.05) is 12.1 Å². The number of aromatic nitrogens is 1. The van der Waals surface area contributed by atoms with Crippen LogP contribution in [0.4, 0.5) is 21.5 Å². The topological polar surface area (TPSA) is 104 Å². The molecule has 2 saturated heterocycles. The summed E-state index contributed by atoms with van der Waals surface area (Å²) in [6.07, 6.45) is 5.76. The molecule has 0 spiro atoms. The van der Waals surface area contributed by atoms with Gasteiger partial charge in [-0.25, -0.2) is 4.39 Å². The number of morpholine rings is 1. The van der Waals surface area contributed by atoms with Gasteiger partial charge in [-0.1, -0.05) is 47.5 Å². The quantitative estimate of drug-likeness (QED) is 0.136. The van der Waals surface area contributed by atoms with Crippen LogP contribution in [0.3, 0.4) is 0 Å². The Hall–Kier alpha value is -4.15. The summed E-state index contributed by atoms with van der Waals surface area (Å²) < 4.78 is 19.6. The van der Waals surface area contributed by atoms with Crippen LogP contribution in [0.1, 0.15) is 56.3 Å². The highest BCUT2D eigenvalue weighted by atomic mass is 35.5. The lowest BCUT2D eigenvalue weighted by atomic mass is 9.96. The summed E-state index contributed by atoms with van der Waals surface area (Å²) in [5.74, 6) is -0.528. The van der Waals surface area contributed by atoms with E-state index >= 15 is 0 Å². The third-order valence-electron chi connectivity index (χ3n) is 10.1. The highest BCUT2D eigenvalue weighted by Gasteiger charge is 2.33. The molecule has 4 aromatic rings. The molecule has 3 aliphatic heterocycles. The number of nitriles is 1. The van der Waals surface area contributed by atoms with Crippen molar-refractivity contribution in [1.82, 2.24) is 30.8 Å². The van der Waals surface area contributed by atoms with E-state index in [1.54, 1.807) is 6.07 Å². The lowest BCUT2D eigenvalue weighted by Crippen LogP contribution is -2.52. The van der Waals surface area contributed by atoms with Crippen molar-refractivity contribution in [3.63, 3.8) is 0 Å². The molecule has 52 heavy (non-hydrogen) atoms. The van der Waals surface area contributed by atoms with Crippen molar-refractivity contribution in [3.8, 4) is 6.07 Å². The Kier molecular flexibility index (Phi) is 10.8. The van der Waals surface area contributed by atoms with Crippen molar-refractivity contribution in [3.05, 3.63) is 105 Å². The standard InChI is InChI=1S/C39H44Cl2FN9O/c1-39(2,3)50-12-10-29(11-13-50)51-24-35(47-48-51)38(30-7-5-4-6-25(30)23-49-14-16-52-17-15-49)46-28-18-31-36(45-27-8-9-34(42)32(40)19-27)26(21-43)22-44-37(31)33(41)20-28/h4-9,18-20,22,24,29,38,46-48H,10-17,23H2,1-3H3,(H,44,45)/t38-/m0/s1. The monoisotopic (exact) mass is 743 g/mol. The molecule has 272 valence electrons. The second-order valence-corrected chi connectivity index (χ2v) is 15.4. The molecule has 13 heteroatoms. The van der Waals surface area contributed by atoms with Crippen LogP contribution in [-0.2, 0) is 11.3 Å². The summed E-state index contributed by atoms with van der Waals surface area (Å²) in [6.45, 7) is 12.9. The zero-order valence-corrected chi connectivity index (χ0v) is 31.2. The van der Waals surface area contributed by atoms with E-state index in [4.69, 9.17) is 27.9 Å². The van der Waals surface area contributed by atoms with Crippen LogP contribution in [-0.4, -0.2) is 70.8 Å². The molecule has 0 bridgehead atoms.